The molecule has 3 aromatic rings. The number of amides is 1. The number of benzene rings is 2. The molecule has 7 heteroatoms. The molecule has 4 rings (SSSR count). The lowest BCUT2D eigenvalue weighted by atomic mass is 10.2. The molecule has 0 atom stereocenters. The molecular weight excluding hydrogens is 400 g/mol. The summed E-state index contributed by atoms with van der Waals surface area (Å²) in [6.07, 6.45) is 1.64. The molecule has 0 unspecified atom stereocenters. The fraction of sp³-hybridized carbons (Fsp3) is 0.158. The van der Waals surface area contributed by atoms with E-state index in [1.165, 1.54) is 6.07 Å². The fourth-order valence-electron chi connectivity index (χ4n) is 2.88. The molecule has 2 heterocycles. The molecule has 0 spiro atoms. The number of ether oxygens (including phenoxy) is 2. The van der Waals surface area contributed by atoms with Crippen LogP contribution in [-0.4, -0.2) is 17.3 Å². The van der Waals surface area contributed by atoms with Crippen LogP contribution in [0, 0.1) is 0 Å². The van der Waals surface area contributed by atoms with Gasteiger partial charge in [0.25, 0.3) is 0 Å². The number of rotatable bonds is 4. The van der Waals surface area contributed by atoms with Gasteiger partial charge in [0.15, 0.2) is 16.9 Å². The number of hydrogen-bond donors (Lipinski definition) is 1. The maximum atomic E-state index is 12.3. The lowest BCUT2D eigenvalue weighted by Crippen LogP contribution is -2.27. The van der Waals surface area contributed by atoms with Crippen molar-refractivity contribution in [2.75, 3.05) is 6.79 Å². The Morgan fingerprint density at radius 2 is 1.96 bits per heavy atom. The van der Waals surface area contributed by atoms with Gasteiger partial charge in [-0.3, -0.25) is 9.59 Å². The number of fused-ring (bicyclic) bond motifs is 2. The van der Waals surface area contributed by atoms with Gasteiger partial charge in [-0.1, -0.05) is 22.0 Å². The largest absolute Gasteiger partial charge is 0.454 e. The number of hydrogen-bond acceptors (Lipinski definition) is 4. The highest BCUT2D eigenvalue weighted by atomic mass is 79.9. The molecule has 0 fully saturated rings. The van der Waals surface area contributed by atoms with Crippen LogP contribution in [0.3, 0.4) is 0 Å². The third-order valence-electron chi connectivity index (χ3n) is 4.18. The zero-order valence-corrected chi connectivity index (χ0v) is 15.3. The topological polar surface area (TPSA) is 69.6 Å². The lowest BCUT2D eigenvalue weighted by Gasteiger charge is -2.11. The van der Waals surface area contributed by atoms with Crippen LogP contribution in [0.15, 0.2) is 57.9 Å². The molecule has 6 nitrogen and oxygen atoms in total. The van der Waals surface area contributed by atoms with Gasteiger partial charge in [-0.2, -0.15) is 0 Å². The first-order valence-corrected chi connectivity index (χ1v) is 8.83. The van der Waals surface area contributed by atoms with Gasteiger partial charge in [0.2, 0.25) is 12.7 Å². The van der Waals surface area contributed by atoms with E-state index in [2.05, 4.69) is 21.2 Å². The Hall–Kier alpha value is -2.80. The Bertz CT molecular complexity index is 1060. The van der Waals surface area contributed by atoms with E-state index < -0.39 is 0 Å². The van der Waals surface area contributed by atoms with Crippen molar-refractivity contribution in [1.82, 2.24) is 9.88 Å². The maximum Gasteiger partial charge on any atom is 0.240 e. The van der Waals surface area contributed by atoms with Gasteiger partial charge in [0.1, 0.15) is 6.54 Å². The third-order valence-corrected chi connectivity index (χ3v) is 4.67. The van der Waals surface area contributed by atoms with Crippen LogP contribution in [-0.2, 0) is 17.9 Å². The van der Waals surface area contributed by atoms with Crippen molar-refractivity contribution in [1.29, 1.82) is 0 Å². The fourth-order valence-corrected chi connectivity index (χ4v) is 3.24. The average molecular weight is 415 g/mol. The molecule has 1 aromatic heterocycles. The quantitative estimate of drug-likeness (QED) is 0.712. The summed E-state index contributed by atoms with van der Waals surface area (Å²) in [5.41, 5.74) is 1.58. The summed E-state index contributed by atoms with van der Waals surface area (Å²) >= 11 is 3.37. The number of aromatic nitrogens is 1. The van der Waals surface area contributed by atoms with Crippen molar-refractivity contribution in [3.05, 3.63) is 68.9 Å². The van der Waals surface area contributed by atoms with Crippen LogP contribution in [0.25, 0.3) is 10.9 Å². The van der Waals surface area contributed by atoms with Crippen molar-refractivity contribution in [3.8, 4) is 11.5 Å². The van der Waals surface area contributed by atoms with E-state index in [4.69, 9.17) is 9.47 Å². The van der Waals surface area contributed by atoms with Gasteiger partial charge in [0, 0.05) is 28.7 Å². The predicted molar refractivity (Wildman–Crippen MR) is 100 cm³/mol. The molecule has 2 aromatic carbocycles. The number of nitrogens with zero attached hydrogens (tertiary/aromatic N) is 1. The standard InChI is InChI=1S/C19H15BrN2O4/c20-13-2-3-15-14(8-13)16(23)5-6-22(15)10-19(24)21-9-12-1-4-17-18(7-12)26-11-25-17/h1-8H,9-11H2,(H,21,24). The molecule has 1 amide bonds. The summed E-state index contributed by atoms with van der Waals surface area (Å²) < 4.78 is 13.2. The summed E-state index contributed by atoms with van der Waals surface area (Å²) in [6, 6.07) is 12.5. The second-order valence-electron chi connectivity index (χ2n) is 5.93. The third kappa shape index (κ3) is 3.30. The van der Waals surface area contributed by atoms with Crippen LogP contribution in [0.4, 0.5) is 0 Å². The highest BCUT2D eigenvalue weighted by Gasteiger charge is 2.13. The first kappa shape index (κ1) is 16.7. The van der Waals surface area contributed by atoms with Crippen LogP contribution in [0.1, 0.15) is 5.56 Å². The lowest BCUT2D eigenvalue weighted by molar-refractivity contribution is -0.121. The van der Waals surface area contributed by atoms with Crippen molar-refractivity contribution in [2.24, 2.45) is 0 Å². The van der Waals surface area contributed by atoms with Crippen molar-refractivity contribution in [2.45, 2.75) is 13.1 Å². The van der Waals surface area contributed by atoms with E-state index in [1.807, 2.05) is 30.3 Å². The number of carbonyl (C=O) groups is 1. The molecule has 1 aliphatic heterocycles. The minimum atomic E-state index is -0.143. The highest BCUT2D eigenvalue weighted by Crippen LogP contribution is 2.32. The minimum absolute atomic E-state index is 0.0710. The SMILES string of the molecule is O=C(Cn1ccc(=O)c2cc(Br)ccc21)NCc1ccc2c(c1)OCO2. The Balaban J connectivity index is 1.48. The Kier molecular flexibility index (Phi) is 4.38. The van der Waals surface area contributed by atoms with Gasteiger partial charge in [-0.05, 0) is 35.9 Å². The normalized spacial score (nSPS) is 12.3. The molecule has 0 saturated carbocycles. The monoisotopic (exact) mass is 414 g/mol. The summed E-state index contributed by atoms with van der Waals surface area (Å²) in [5, 5.41) is 3.46. The molecule has 1 aliphatic rings. The predicted octanol–water partition coefficient (Wildman–Crippen LogP) is 2.81. The molecule has 26 heavy (non-hydrogen) atoms. The van der Waals surface area contributed by atoms with Crippen LogP contribution in [0.5, 0.6) is 11.5 Å². The zero-order valence-electron chi connectivity index (χ0n) is 13.7. The second-order valence-corrected chi connectivity index (χ2v) is 6.85. The van der Waals surface area contributed by atoms with Crippen LogP contribution < -0.4 is 20.2 Å². The van der Waals surface area contributed by atoms with E-state index in [-0.39, 0.29) is 24.7 Å². The van der Waals surface area contributed by atoms with E-state index >= 15 is 0 Å². The molecule has 1 N–H and O–H groups in total. The van der Waals surface area contributed by atoms with E-state index in [0.29, 0.717) is 23.4 Å². The highest BCUT2D eigenvalue weighted by molar-refractivity contribution is 9.10. The molecule has 0 bridgehead atoms. The van der Waals surface area contributed by atoms with E-state index in [0.717, 1.165) is 15.6 Å². The molecule has 132 valence electrons. The summed E-state index contributed by atoms with van der Waals surface area (Å²) in [7, 11) is 0. The van der Waals surface area contributed by atoms with Crippen LogP contribution >= 0.6 is 15.9 Å². The molecular formula is C19H15BrN2O4. The number of pyridine rings is 1. The molecule has 0 saturated heterocycles. The van der Waals surface area contributed by atoms with Gasteiger partial charge in [0.05, 0.1) is 5.52 Å². The number of carbonyl (C=O) groups excluding carboxylic acids is 1. The van der Waals surface area contributed by atoms with Gasteiger partial charge >= 0.3 is 0 Å². The maximum absolute atomic E-state index is 12.3. The Morgan fingerprint density at radius 1 is 1.12 bits per heavy atom. The van der Waals surface area contributed by atoms with Crippen molar-refractivity contribution in [3.63, 3.8) is 0 Å². The summed E-state index contributed by atoms with van der Waals surface area (Å²) in [4.78, 5) is 24.4. The molecule has 0 aliphatic carbocycles. The van der Waals surface area contributed by atoms with Gasteiger partial charge in [-0.25, -0.2) is 0 Å². The average Bonchev–Trinajstić information content (AvgIpc) is 3.10. The first-order chi connectivity index (χ1) is 12.6. The second kappa shape index (κ2) is 6.84. The van der Waals surface area contributed by atoms with Crippen LogP contribution in [0.2, 0.25) is 0 Å². The minimum Gasteiger partial charge on any atom is -0.454 e. The van der Waals surface area contributed by atoms with E-state index in [1.54, 1.807) is 16.8 Å². The summed E-state index contributed by atoms with van der Waals surface area (Å²) in [6.45, 7) is 0.739. The smallest absolute Gasteiger partial charge is 0.240 e. The van der Waals surface area contributed by atoms with Crippen molar-refractivity contribution < 1.29 is 14.3 Å². The Morgan fingerprint density at radius 3 is 2.85 bits per heavy atom. The zero-order chi connectivity index (χ0) is 18.1. The molecule has 0 radical (unpaired) electrons. The van der Waals surface area contributed by atoms with Gasteiger partial charge < -0.3 is 19.4 Å². The summed E-state index contributed by atoms with van der Waals surface area (Å²) in [5.74, 6) is 1.26. The number of nitrogens with one attached hydrogen (secondary N) is 1. The van der Waals surface area contributed by atoms with E-state index in [9.17, 15) is 9.59 Å². The Labute approximate surface area is 157 Å². The number of halogens is 1. The first-order valence-electron chi connectivity index (χ1n) is 8.04. The van der Waals surface area contributed by atoms with Gasteiger partial charge in [-0.15, -0.1) is 0 Å². The van der Waals surface area contributed by atoms with Crippen molar-refractivity contribution >= 4 is 32.7 Å².